The van der Waals surface area contributed by atoms with Crippen LogP contribution in [0.1, 0.15) is 18.1 Å². The summed E-state index contributed by atoms with van der Waals surface area (Å²) in [4.78, 5) is 0. The molecule has 1 nitrogen and oxygen atoms in total. The topological polar surface area (TPSA) is 12.5 Å². The first-order valence-electron chi connectivity index (χ1n) is 4.02. The number of hydrogen-bond acceptors (Lipinski definition) is 1. The van der Waals surface area contributed by atoms with Crippen molar-refractivity contribution < 1.29 is 9.13 Å². The van der Waals surface area contributed by atoms with E-state index < -0.39 is 0 Å². The van der Waals surface area contributed by atoms with Crippen LogP contribution >= 0.6 is 0 Å². The van der Waals surface area contributed by atoms with Crippen molar-refractivity contribution in [1.29, 1.82) is 0 Å². The molecule has 1 aromatic carbocycles. The predicted octanol–water partition coefficient (Wildman–Crippen LogP) is 2.38. The maximum absolute atomic E-state index is 12.9. The van der Waals surface area contributed by atoms with Crippen LogP contribution in [0.5, 0.6) is 0 Å². The Balaban J connectivity index is 2.44. The van der Waals surface area contributed by atoms with Crippen molar-refractivity contribution in [3.63, 3.8) is 0 Å². The lowest BCUT2D eigenvalue weighted by Gasteiger charge is -2.06. The second-order valence-corrected chi connectivity index (χ2v) is 3.54. The van der Waals surface area contributed by atoms with Crippen LogP contribution in [0, 0.1) is 12.7 Å². The van der Waals surface area contributed by atoms with Gasteiger partial charge in [0.25, 0.3) is 0 Å². The third-order valence-corrected chi connectivity index (χ3v) is 2.23. The van der Waals surface area contributed by atoms with Gasteiger partial charge in [-0.2, -0.15) is 0 Å². The molecule has 1 aromatic rings. The van der Waals surface area contributed by atoms with Crippen LogP contribution < -0.4 is 0 Å². The van der Waals surface area contributed by atoms with E-state index in [1.807, 2.05) is 19.9 Å². The Hall–Kier alpha value is -0.890. The standard InChI is InChI=1S/C10H11FO/c1-7-3-8(5-9(11)4-7)10(2)6-12-10/h3-5H,6H2,1-2H3. The van der Waals surface area contributed by atoms with E-state index in [0.29, 0.717) is 6.61 Å². The van der Waals surface area contributed by atoms with E-state index in [1.165, 1.54) is 6.07 Å². The van der Waals surface area contributed by atoms with Crippen LogP contribution in [-0.2, 0) is 10.3 Å². The molecule has 0 spiro atoms. The number of ether oxygens (including phenoxy) is 1. The Labute approximate surface area is 71.2 Å². The molecule has 0 amide bonds. The molecular formula is C10H11FO. The number of benzene rings is 1. The summed E-state index contributed by atoms with van der Waals surface area (Å²) in [5.74, 6) is -0.179. The van der Waals surface area contributed by atoms with Crippen LogP contribution in [0.25, 0.3) is 0 Å². The summed E-state index contributed by atoms with van der Waals surface area (Å²) >= 11 is 0. The van der Waals surface area contributed by atoms with Crippen molar-refractivity contribution in [2.45, 2.75) is 19.4 Å². The zero-order chi connectivity index (χ0) is 8.77. The number of hydrogen-bond donors (Lipinski definition) is 0. The molecule has 0 aliphatic carbocycles. The number of aryl methyl sites for hydroxylation is 1. The van der Waals surface area contributed by atoms with Gasteiger partial charge in [-0.15, -0.1) is 0 Å². The summed E-state index contributed by atoms with van der Waals surface area (Å²) in [7, 11) is 0. The Morgan fingerprint density at radius 3 is 2.58 bits per heavy atom. The lowest BCUT2D eigenvalue weighted by Crippen LogP contribution is -2.02. The fourth-order valence-electron chi connectivity index (χ4n) is 1.32. The average Bonchev–Trinajstić information content (AvgIpc) is 2.67. The summed E-state index contributed by atoms with van der Waals surface area (Å²) in [5, 5.41) is 0. The molecule has 0 aromatic heterocycles. The maximum atomic E-state index is 12.9. The van der Waals surface area contributed by atoms with Crippen molar-refractivity contribution >= 4 is 0 Å². The van der Waals surface area contributed by atoms with Gasteiger partial charge in [0, 0.05) is 0 Å². The maximum Gasteiger partial charge on any atom is 0.123 e. The average molecular weight is 166 g/mol. The molecule has 0 bridgehead atoms. The fourth-order valence-corrected chi connectivity index (χ4v) is 1.32. The normalized spacial score (nSPS) is 27.2. The molecule has 1 atom stereocenters. The zero-order valence-electron chi connectivity index (χ0n) is 7.23. The molecule has 12 heavy (non-hydrogen) atoms. The lowest BCUT2D eigenvalue weighted by molar-refractivity contribution is 0.328. The van der Waals surface area contributed by atoms with Crippen LogP contribution in [0.3, 0.4) is 0 Å². The molecule has 1 heterocycles. The van der Waals surface area contributed by atoms with Crippen LogP contribution in [-0.4, -0.2) is 6.61 Å². The van der Waals surface area contributed by atoms with Gasteiger partial charge in [-0.1, -0.05) is 6.07 Å². The van der Waals surface area contributed by atoms with E-state index in [1.54, 1.807) is 6.07 Å². The molecule has 1 saturated heterocycles. The lowest BCUT2D eigenvalue weighted by atomic mass is 10.0. The molecule has 1 unspecified atom stereocenters. The van der Waals surface area contributed by atoms with Gasteiger partial charge in [0.2, 0.25) is 0 Å². The highest BCUT2D eigenvalue weighted by Gasteiger charge is 2.41. The van der Waals surface area contributed by atoms with Gasteiger partial charge >= 0.3 is 0 Å². The van der Waals surface area contributed by atoms with Crippen LogP contribution in [0.4, 0.5) is 4.39 Å². The van der Waals surface area contributed by atoms with Gasteiger partial charge in [-0.25, -0.2) is 4.39 Å². The molecule has 2 heteroatoms. The fraction of sp³-hybridized carbons (Fsp3) is 0.400. The highest BCUT2D eigenvalue weighted by atomic mass is 19.1. The van der Waals surface area contributed by atoms with Crippen molar-refractivity contribution in [3.05, 3.63) is 35.1 Å². The van der Waals surface area contributed by atoms with E-state index in [0.717, 1.165) is 11.1 Å². The van der Waals surface area contributed by atoms with E-state index >= 15 is 0 Å². The first-order chi connectivity index (χ1) is 5.60. The molecule has 64 valence electrons. The predicted molar refractivity (Wildman–Crippen MR) is 44.4 cm³/mol. The van der Waals surface area contributed by atoms with E-state index in [9.17, 15) is 4.39 Å². The summed E-state index contributed by atoms with van der Waals surface area (Å²) in [5.41, 5.74) is 1.68. The molecule has 1 fully saturated rings. The van der Waals surface area contributed by atoms with Crippen LogP contribution in [0.15, 0.2) is 18.2 Å². The number of epoxide rings is 1. The summed E-state index contributed by atoms with van der Waals surface area (Å²) in [6.07, 6.45) is 0. The minimum Gasteiger partial charge on any atom is -0.365 e. The van der Waals surface area contributed by atoms with Crippen molar-refractivity contribution in [2.75, 3.05) is 6.61 Å². The first kappa shape index (κ1) is 7.74. The molecule has 0 saturated carbocycles. The summed E-state index contributed by atoms with van der Waals surface area (Å²) in [6.45, 7) is 4.56. The zero-order valence-corrected chi connectivity index (χ0v) is 7.23. The molecule has 0 radical (unpaired) electrons. The molecule has 2 rings (SSSR count). The molecular weight excluding hydrogens is 155 g/mol. The van der Waals surface area contributed by atoms with Crippen molar-refractivity contribution in [2.24, 2.45) is 0 Å². The molecule has 1 aliphatic heterocycles. The molecule has 0 N–H and O–H groups in total. The van der Waals surface area contributed by atoms with Gasteiger partial charge in [0.05, 0.1) is 6.61 Å². The Kier molecular flexibility index (Phi) is 1.48. The first-order valence-corrected chi connectivity index (χ1v) is 4.02. The Morgan fingerprint density at radius 1 is 1.42 bits per heavy atom. The summed E-state index contributed by atoms with van der Waals surface area (Å²) < 4.78 is 18.2. The summed E-state index contributed by atoms with van der Waals surface area (Å²) in [6, 6.07) is 5.03. The third-order valence-electron chi connectivity index (χ3n) is 2.23. The monoisotopic (exact) mass is 166 g/mol. The van der Waals surface area contributed by atoms with E-state index in [2.05, 4.69) is 0 Å². The highest BCUT2D eigenvalue weighted by molar-refractivity contribution is 5.30. The van der Waals surface area contributed by atoms with Gasteiger partial charge < -0.3 is 4.74 Å². The second kappa shape index (κ2) is 2.30. The minimum absolute atomic E-state index is 0.179. The molecule has 1 aliphatic rings. The van der Waals surface area contributed by atoms with Gasteiger partial charge in [0.15, 0.2) is 0 Å². The van der Waals surface area contributed by atoms with Gasteiger partial charge in [-0.05, 0) is 37.1 Å². The van der Waals surface area contributed by atoms with Crippen molar-refractivity contribution in [3.8, 4) is 0 Å². The van der Waals surface area contributed by atoms with E-state index in [4.69, 9.17) is 4.74 Å². The van der Waals surface area contributed by atoms with Gasteiger partial charge in [0.1, 0.15) is 11.4 Å². The number of halogens is 1. The Morgan fingerprint density at radius 2 is 2.08 bits per heavy atom. The second-order valence-electron chi connectivity index (χ2n) is 3.54. The van der Waals surface area contributed by atoms with Crippen molar-refractivity contribution in [1.82, 2.24) is 0 Å². The van der Waals surface area contributed by atoms with Gasteiger partial charge in [-0.3, -0.25) is 0 Å². The third kappa shape index (κ3) is 1.23. The van der Waals surface area contributed by atoms with Crippen LogP contribution in [0.2, 0.25) is 0 Å². The SMILES string of the molecule is Cc1cc(F)cc(C2(C)CO2)c1. The minimum atomic E-state index is -0.215. The largest absolute Gasteiger partial charge is 0.365 e. The Bertz CT molecular complexity index is 295. The number of rotatable bonds is 1. The quantitative estimate of drug-likeness (QED) is 0.583. The smallest absolute Gasteiger partial charge is 0.123 e. The highest BCUT2D eigenvalue weighted by Crippen LogP contribution is 2.38. The van der Waals surface area contributed by atoms with E-state index in [-0.39, 0.29) is 11.4 Å².